The van der Waals surface area contributed by atoms with Crippen LogP contribution in [-0.4, -0.2) is 70.5 Å². The molecule has 2 N–H and O–H groups in total. The molecule has 0 bridgehead atoms. The maximum absolute atomic E-state index is 13.3. The molecule has 42 heavy (non-hydrogen) atoms. The molecule has 230 valence electrons. The first-order valence-corrected chi connectivity index (χ1v) is 16.2. The largest absolute Gasteiger partial charge is 0.504 e. The van der Waals surface area contributed by atoms with Gasteiger partial charge in [0.1, 0.15) is 5.54 Å². The van der Waals surface area contributed by atoms with Gasteiger partial charge in [0.05, 0.1) is 0 Å². The Balaban J connectivity index is 1.42. The Labute approximate surface area is 252 Å². The van der Waals surface area contributed by atoms with E-state index in [2.05, 4.69) is 63.6 Å². The van der Waals surface area contributed by atoms with Gasteiger partial charge in [-0.3, -0.25) is 14.5 Å². The molecule has 1 unspecified atom stereocenters. The lowest BCUT2D eigenvalue weighted by Crippen LogP contribution is -2.69. The molecule has 0 radical (unpaired) electrons. The fraction of sp³-hybridized carbons (Fsp3) is 0.722. The van der Waals surface area contributed by atoms with E-state index in [0.717, 1.165) is 82.3 Å². The average Bonchev–Trinajstić information content (AvgIpc) is 2.94. The van der Waals surface area contributed by atoms with Crippen molar-refractivity contribution in [3.8, 4) is 0 Å². The first-order valence-electron chi connectivity index (χ1n) is 16.2. The van der Waals surface area contributed by atoms with Gasteiger partial charge in [-0.1, -0.05) is 52.3 Å². The lowest BCUT2D eigenvalue weighted by Gasteiger charge is -2.71. The highest BCUT2D eigenvalue weighted by Gasteiger charge is 2.69. The number of rotatable bonds is 3. The lowest BCUT2D eigenvalue weighted by atomic mass is 9.34. The van der Waals surface area contributed by atoms with Crippen molar-refractivity contribution >= 4 is 11.8 Å². The van der Waals surface area contributed by atoms with Gasteiger partial charge < -0.3 is 15.1 Å². The summed E-state index contributed by atoms with van der Waals surface area (Å²) in [5.41, 5.74) is 2.79. The molecule has 1 heterocycles. The van der Waals surface area contributed by atoms with Gasteiger partial charge in [-0.25, -0.2) is 0 Å². The molecule has 0 aromatic carbocycles. The quantitative estimate of drug-likeness (QED) is 0.389. The number of carboxylic acid groups (broad SMARTS) is 1. The average molecular weight is 577 g/mol. The molecule has 1 aliphatic heterocycles. The van der Waals surface area contributed by atoms with Gasteiger partial charge in [0.15, 0.2) is 5.76 Å². The molecule has 0 aromatic heterocycles. The summed E-state index contributed by atoms with van der Waals surface area (Å²) >= 11 is 0. The molecule has 3 saturated carbocycles. The zero-order valence-electron chi connectivity index (χ0n) is 27.2. The van der Waals surface area contributed by atoms with Crippen molar-refractivity contribution in [2.24, 2.45) is 33.0 Å². The van der Waals surface area contributed by atoms with Crippen LogP contribution in [0.5, 0.6) is 0 Å². The number of carbonyl (C=O) groups is 2. The SMILES string of the molecule is CC1=C(O)C(=O)C=C2C1=CC=C1[C@@]2(C)CC[C@@]2(C)[C@@H]3C[C@](C)(C(C)(C(=O)O)N4CCN(C)CC4)CC[C@]3(C)CC[C@]12C. The lowest BCUT2D eigenvalue weighted by molar-refractivity contribution is -0.195. The molecular weight excluding hydrogens is 524 g/mol. The summed E-state index contributed by atoms with van der Waals surface area (Å²) in [7, 11) is 2.13. The van der Waals surface area contributed by atoms with E-state index >= 15 is 0 Å². The van der Waals surface area contributed by atoms with E-state index in [1.165, 1.54) is 5.57 Å². The Hall–Kier alpha value is -2.18. The number of piperazine rings is 1. The Morgan fingerprint density at radius 3 is 2.24 bits per heavy atom. The molecule has 0 amide bonds. The van der Waals surface area contributed by atoms with Gasteiger partial charge in [-0.2, -0.15) is 0 Å². The highest BCUT2D eigenvalue weighted by Crippen LogP contribution is 2.76. The Bertz CT molecular complexity index is 1370. The van der Waals surface area contributed by atoms with Crippen LogP contribution in [0, 0.1) is 33.0 Å². The predicted octanol–water partition coefficient (Wildman–Crippen LogP) is 6.70. The summed E-state index contributed by atoms with van der Waals surface area (Å²) in [6.45, 7) is 19.4. The van der Waals surface area contributed by atoms with Crippen LogP contribution >= 0.6 is 0 Å². The second-order valence-electron chi connectivity index (χ2n) is 16.3. The number of ketones is 1. The van der Waals surface area contributed by atoms with E-state index in [0.29, 0.717) is 11.5 Å². The van der Waals surface area contributed by atoms with Gasteiger partial charge in [-0.15, -0.1) is 0 Å². The predicted molar refractivity (Wildman–Crippen MR) is 166 cm³/mol. The summed E-state index contributed by atoms with van der Waals surface area (Å²) in [5, 5.41) is 21.3. The number of nitrogens with zero attached hydrogens (tertiary/aromatic N) is 2. The van der Waals surface area contributed by atoms with Crippen molar-refractivity contribution in [3.05, 3.63) is 46.3 Å². The standard InChI is InChI=1S/C36H52N2O4/c1-23-24-9-10-27-33(4,25(24)21-26(39)29(23)40)14-16-35(6)28-22-32(3,13-11-31(28,2)12-15-34(27,35)5)36(7,30(41)42)38-19-17-37(8)18-20-38/h9-10,21,28,40H,11-20,22H2,1-8H3,(H,41,42)/t28-,31-,32-,33+,34-,35+,36?/m1/s1. The molecule has 6 aliphatic rings. The zero-order valence-corrected chi connectivity index (χ0v) is 27.2. The number of hydrogen-bond donors (Lipinski definition) is 2. The summed E-state index contributed by atoms with van der Waals surface area (Å²) < 4.78 is 0. The van der Waals surface area contributed by atoms with Crippen molar-refractivity contribution in [3.63, 3.8) is 0 Å². The molecular formula is C36H52N2O4. The molecule has 4 fully saturated rings. The number of aliphatic hydroxyl groups excluding tert-OH is 1. The van der Waals surface area contributed by atoms with Gasteiger partial charge in [0, 0.05) is 37.2 Å². The fourth-order valence-electron chi connectivity index (χ4n) is 10.9. The van der Waals surface area contributed by atoms with Crippen LogP contribution in [0.1, 0.15) is 93.4 Å². The number of carboxylic acids is 1. The van der Waals surface area contributed by atoms with E-state index in [1.54, 1.807) is 6.08 Å². The van der Waals surface area contributed by atoms with E-state index < -0.39 is 11.5 Å². The van der Waals surface area contributed by atoms with Crippen LogP contribution in [0.3, 0.4) is 0 Å². The third-order valence-corrected chi connectivity index (χ3v) is 14.6. The second kappa shape index (κ2) is 9.17. The van der Waals surface area contributed by atoms with Gasteiger partial charge in [0.25, 0.3) is 0 Å². The number of aliphatic hydroxyl groups is 1. The van der Waals surface area contributed by atoms with Crippen molar-refractivity contribution in [2.45, 2.75) is 99.0 Å². The zero-order chi connectivity index (χ0) is 30.7. The summed E-state index contributed by atoms with van der Waals surface area (Å²) in [4.78, 5) is 30.7. The van der Waals surface area contributed by atoms with E-state index in [4.69, 9.17) is 0 Å². The highest BCUT2D eigenvalue weighted by atomic mass is 16.4. The van der Waals surface area contributed by atoms with Crippen molar-refractivity contribution in [2.75, 3.05) is 33.2 Å². The Morgan fingerprint density at radius 2 is 1.60 bits per heavy atom. The van der Waals surface area contributed by atoms with Crippen LogP contribution in [0.15, 0.2) is 46.3 Å². The molecule has 5 aliphatic carbocycles. The van der Waals surface area contributed by atoms with Crippen LogP contribution < -0.4 is 0 Å². The minimum atomic E-state index is -0.913. The normalized spacial score (nSPS) is 44.0. The Kier molecular flexibility index (Phi) is 6.52. The maximum atomic E-state index is 13.3. The summed E-state index contributed by atoms with van der Waals surface area (Å²) in [5.74, 6) is -0.686. The van der Waals surface area contributed by atoms with Crippen molar-refractivity contribution < 1.29 is 19.8 Å². The van der Waals surface area contributed by atoms with Gasteiger partial charge >= 0.3 is 5.97 Å². The molecule has 6 heteroatoms. The number of carbonyl (C=O) groups excluding carboxylic acids is 1. The number of likely N-dealkylation sites (N-methyl/N-ethyl adjacent to an activating group) is 1. The molecule has 6 rings (SSSR count). The van der Waals surface area contributed by atoms with E-state index in [-0.39, 0.29) is 38.6 Å². The van der Waals surface area contributed by atoms with Gasteiger partial charge in [-0.05, 0) is 111 Å². The second-order valence-corrected chi connectivity index (χ2v) is 16.3. The first-order chi connectivity index (χ1) is 19.5. The van der Waals surface area contributed by atoms with Crippen LogP contribution in [0.2, 0.25) is 0 Å². The fourth-order valence-corrected chi connectivity index (χ4v) is 10.9. The van der Waals surface area contributed by atoms with E-state index in [9.17, 15) is 19.8 Å². The molecule has 0 aromatic rings. The monoisotopic (exact) mass is 576 g/mol. The first kappa shape index (κ1) is 29.9. The van der Waals surface area contributed by atoms with Gasteiger partial charge in [0.2, 0.25) is 5.78 Å². The minimum absolute atomic E-state index is 0.00611. The number of allylic oxidation sites excluding steroid dienone is 7. The maximum Gasteiger partial charge on any atom is 0.324 e. The molecule has 1 saturated heterocycles. The van der Waals surface area contributed by atoms with Crippen LogP contribution in [-0.2, 0) is 9.59 Å². The van der Waals surface area contributed by atoms with Crippen molar-refractivity contribution in [1.82, 2.24) is 9.80 Å². The number of aliphatic carboxylic acids is 1. The smallest absolute Gasteiger partial charge is 0.324 e. The molecule has 6 nitrogen and oxygen atoms in total. The van der Waals surface area contributed by atoms with Crippen LogP contribution in [0.4, 0.5) is 0 Å². The number of fused-ring (bicyclic) bond motifs is 7. The third kappa shape index (κ3) is 3.63. The summed E-state index contributed by atoms with van der Waals surface area (Å²) in [6, 6.07) is 0. The van der Waals surface area contributed by atoms with E-state index in [1.807, 2.05) is 13.8 Å². The topological polar surface area (TPSA) is 81.1 Å². The molecule has 7 atom stereocenters. The van der Waals surface area contributed by atoms with Crippen LogP contribution in [0.25, 0.3) is 0 Å². The third-order valence-electron chi connectivity index (χ3n) is 14.6. The molecule has 0 spiro atoms. The minimum Gasteiger partial charge on any atom is -0.504 e. The number of hydrogen-bond acceptors (Lipinski definition) is 5. The highest BCUT2D eigenvalue weighted by molar-refractivity contribution is 6.06. The Morgan fingerprint density at radius 1 is 0.952 bits per heavy atom. The summed E-state index contributed by atoms with van der Waals surface area (Å²) in [6.07, 6.45) is 13.3. The van der Waals surface area contributed by atoms with Crippen molar-refractivity contribution in [1.29, 1.82) is 0 Å².